The predicted molar refractivity (Wildman–Crippen MR) is 91.1 cm³/mol. The van der Waals surface area contributed by atoms with E-state index in [-0.39, 0.29) is 11.0 Å². The first-order valence-corrected chi connectivity index (χ1v) is 7.84. The van der Waals surface area contributed by atoms with Gasteiger partial charge in [0.2, 0.25) is 0 Å². The Bertz CT molecular complexity index is 615. The molecule has 0 saturated carbocycles. The van der Waals surface area contributed by atoms with Crippen molar-refractivity contribution in [3.63, 3.8) is 0 Å². The fourth-order valence-corrected chi connectivity index (χ4v) is 3.23. The quantitative estimate of drug-likeness (QED) is 0.849. The van der Waals surface area contributed by atoms with Gasteiger partial charge in [0, 0.05) is 11.7 Å². The smallest absolute Gasteiger partial charge is 0.138 e. The summed E-state index contributed by atoms with van der Waals surface area (Å²) in [5, 5.41) is 3.75. The average molecular weight is 287 g/mol. The van der Waals surface area contributed by atoms with Crippen LogP contribution in [-0.4, -0.2) is 14.9 Å². The second-order valence-corrected chi connectivity index (χ2v) is 8.18. The maximum atomic E-state index is 4.79. The van der Waals surface area contributed by atoms with Crippen molar-refractivity contribution in [3.05, 3.63) is 30.1 Å². The van der Waals surface area contributed by atoms with E-state index in [0.717, 1.165) is 23.6 Å². The molecule has 3 heteroatoms. The summed E-state index contributed by atoms with van der Waals surface area (Å²) in [4.78, 5) is 4.79. The molecule has 2 rings (SSSR count). The lowest BCUT2D eigenvalue weighted by Gasteiger charge is -2.34. The summed E-state index contributed by atoms with van der Waals surface area (Å²) >= 11 is 0. The third-order valence-corrected chi connectivity index (χ3v) is 3.53. The van der Waals surface area contributed by atoms with E-state index in [1.807, 2.05) is 6.07 Å². The Morgan fingerprint density at radius 1 is 1.14 bits per heavy atom. The summed E-state index contributed by atoms with van der Waals surface area (Å²) in [5.41, 5.74) is 2.46. The van der Waals surface area contributed by atoms with Gasteiger partial charge in [-0.2, -0.15) is 0 Å². The molecule has 2 aromatic rings. The van der Waals surface area contributed by atoms with Crippen LogP contribution in [-0.2, 0) is 0 Å². The van der Waals surface area contributed by atoms with Crippen LogP contribution in [0.3, 0.4) is 0 Å². The number of nitrogens with zero attached hydrogens (tertiary/aromatic N) is 2. The van der Waals surface area contributed by atoms with Crippen molar-refractivity contribution in [1.82, 2.24) is 9.38 Å². The van der Waals surface area contributed by atoms with Gasteiger partial charge >= 0.3 is 0 Å². The second-order valence-electron chi connectivity index (χ2n) is 8.18. The molecule has 116 valence electrons. The average Bonchev–Trinajstić information content (AvgIpc) is 2.65. The lowest BCUT2D eigenvalue weighted by molar-refractivity contribution is 0.301. The first-order valence-electron chi connectivity index (χ1n) is 7.84. The lowest BCUT2D eigenvalue weighted by Crippen LogP contribution is -2.36. The first kappa shape index (κ1) is 15.9. The number of anilines is 1. The van der Waals surface area contributed by atoms with Crippen molar-refractivity contribution in [2.75, 3.05) is 5.32 Å². The highest BCUT2D eigenvalue weighted by molar-refractivity contribution is 5.57. The van der Waals surface area contributed by atoms with Gasteiger partial charge in [-0.05, 0) is 43.7 Å². The normalized spacial score (nSPS) is 13.1. The van der Waals surface area contributed by atoms with Crippen LogP contribution in [0.15, 0.2) is 24.4 Å². The Hall–Kier alpha value is -1.51. The molecule has 0 saturated heterocycles. The summed E-state index contributed by atoms with van der Waals surface area (Å²) in [6.45, 7) is 15.8. The first-order chi connectivity index (χ1) is 9.59. The molecule has 0 radical (unpaired) electrons. The van der Waals surface area contributed by atoms with E-state index < -0.39 is 0 Å². The summed E-state index contributed by atoms with van der Waals surface area (Å²) < 4.78 is 2.17. The zero-order valence-electron chi connectivity index (χ0n) is 14.5. The van der Waals surface area contributed by atoms with E-state index in [9.17, 15) is 0 Å². The Labute approximate surface area is 128 Å². The van der Waals surface area contributed by atoms with Gasteiger partial charge in [-0.15, -0.1) is 0 Å². The van der Waals surface area contributed by atoms with Crippen molar-refractivity contribution in [2.24, 2.45) is 5.41 Å². The van der Waals surface area contributed by atoms with Crippen molar-refractivity contribution in [2.45, 2.75) is 66.3 Å². The summed E-state index contributed by atoms with van der Waals surface area (Å²) in [7, 11) is 0. The molecule has 0 spiro atoms. The van der Waals surface area contributed by atoms with Crippen LogP contribution in [0, 0.1) is 5.41 Å². The van der Waals surface area contributed by atoms with Crippen LogP contribution in [0.2, 0.25) is 0 Å². The van der Waals surface area contributed by atoms with Gasteiger partial charge < -0.3 is 5.32 Å². The molecule has 0 amide bonds. The monoisotopic (exact) mass is 287 g/mol. The van der Waals surface area contributed by atoms with Crippen molar-refractivity contribution >= 4 is 11.5 Å². The molecule has 0 aliphatic carbocycles. The highest BCUT2D eigenvalue weighted by Gasteiger charge is 2.28. The molecule has 0 atom stereocenters. The van der Waals surface area contributed by atoms with Crippen LogP contribution in [0.25, 0.3) is 5.65 Å². The number of hydrogen-bond donors (Lipinski definition) is 1. The largest absolute Gasteiger partial charge is 0.365 e. The van der Waals surface area contributed by atoms with Gasteiger partial charge in [0.05, 0.1) is 5.69 Å². The Balaban J connectivity index is 2.43. The van der Waals surface area contributed by atoms with Gasteiger partial charge in [-0.25, -0.2) is 4.98 Å². The Morgan fingerprint density at radius 2 is 1.81 bits per heavy atom. The van der Waals surface area contributed by atoms with Crippen LogP contribution >= 0.6 is 0 Å². The van der Waals surface area contributed by atoms with Crippen LogP contribution in [0.5, 0.6) is 0 Å². The highest BCUT2D eigenvalue weighted by atomic mass is 15.2. The molecule has 21 heavy (non-hydrogen) atoms. The molecule has 0 bridgehead atoms. The van der Waals surface area contributed by atoms with E-state index in [1.165, 1.54) is 0 Å². The van der Waals surface area contributed by atoms with Crippen molar-refractivity contribution < 1.29 is 0 Å². The fourth-order valence-electron chi connectivity index (χ4n) is 3.23. The molecule has 0 aliphatic heterocycles. The molecular weight excluding hydrogens is 258 g/mol. The SMILES string of the molecule is CC(C)c1nc2ccccn2c1NC(C)(C)CC(C)(C)C. The highest BCUT2D eigenvalue weighted by Crippen LogP contribution is 2.33. The summed E-state index contributed by atoms with van der Waals surface area (Å²) in [6.07, 6.45) is 3.18. The topological polar surface area (TPSA) is 29.3 Å². The van der Waals surface area contributed by atoms with Crippen molar-refractivity contribution in [3.8, 4) is 0 Å². The number of aromatic nitrogens is 2. The predicted octanol–water partition coefficient (Wildman–Crippen LogP) is 5.08. The van der Waals surface area contributed by atoms with Gasteiger partial charge in [0.15, 0.2) is 0 Å². The third kappa shape index (κ3) is 3.78. The minimum Gasteiger partial charge on any atom is -0.365 e. The maximum Gasteiger partial charge on any atom is 0.138 e. The molecule has 1 N–H and O–H groups in total. The zero-order valence-corrected chi connectivity index (χ0v) is 14.5. The van der Waals surface area contributed by atoms with Crippen molar-refractivity contribution in [1.29, 1.82) is 0 Å². The van der Waals surface area contributed by atoms with Gasteiger partial charge in [-0.1, -0.05) is 40.7 Å². The maximum absolute atomic E-state index is 4.79. The number of pyridine rings is 1. The Morgan fingerprint density at radius 3 is 2.38 bits per heavy atom. The van der Waals surface area contributed by atoms with E-state index in [2.05, 4.69) is 76.5 Å². The molecule has 2 aromatic heterocycles. The van der Waals surface area contributed by atoms with E-state index in [1.54, 1.807) is 0 Å². The van der Waals surface area contributed by atoms with E-state index in [0.29, 0.717) is 5.92 Å². The van der Waals surface area contributed by atoms with Gasteiger partial charge in [-0.3, -0.25) is 4.40 Å². The number of nitrogens with one attached hydrogen (secondary N) is 1. The van der Waals surface area contributed by atoms with Crippen LogP contribution in [0.4, 0.5) is 5.82 Å². The fraction of sp³-hybridized carbons (Fsp3) is 0.611. The lowest BCUT2D eigenvalue weighted by atomic mass is 9.82. The number of hydrogen-bond acceptors (Lipinski definition) is 2. The number of imidazole rings is 1. The molecule has 0 aliphatic rings. The molecule has 0 aromatic carbocycles. The molecule has 0 fully saturated rings. The Kier molecular flexibility index (Phi) is 4.05. The molecule has 0 unspecified atom stereocenters. The summed E-state index contributed by atoms with van der Waals surface area (Å²) in [6, 6.07) is 6.16. The molecule has 2 heterocycles. The minimum atomic E-state index is 0.0215. The summed E-state index contributed by atoms with van der Waals surface area (Å²) in [5.74, 6) is 1.53. The van der Waals surface area contributed by atoms with E-state index in [4.69, 9.17) is 4.98 Å². The van der Waals surface area contributed by atoms with Gasteiger partial charge in [0.25, 0.3) is 0 Å². The molecule has 3 nitrogen and oxygen atoms in total. The number of fused-ring (bicyclic) bond motifs is 1. The van der Waals surface area contributed by atoms with Crippen LogP contribution in [0.1, 0.15) is 66.5 Å². The zero-order chi connectivity index (χ0) is 15.8. The third-order valence-electron chi connectivity index (χ3n) is 3.53. The van der Waals surface area contributed by atoms with Crippen LogP contribution < -0.4 is 5.32 Å². The number of rotatable bonds is 4. The standard InChI is InChI=1S/C18H29N3/c1-13(2)15-16(20-18(6,7)12-17(3,4)5)21-11-9-8-10-14(21)19-15/h8-11,13,20H,12H2,1-7H3. The molecular formula is C18H29N3. The second kappa shape index (κ2) is 5.36. The van der Waals surface area contributed by atoms with Gasteiger partial charge in [0.1, 0.15) is 11.5 Å². The van der Waals surface area contributed by atoms with E-state index >= 15 is 0 Å². The minimum absolute atomic E-state index is 0.0215.